The molecule has 0 radical (unpaired) electrons. The number of amides is 2. The average molecular weight is 442 g/mol. The molecule has 0 N–H and O–H groups in total. The standard InChI is InChI=1S/C24H31N3O3S/c1-30-21-9-7-19(8-10-21)17-25-11-4-13-26(15-14-25)23(28)20-5-2-12-27(18-20)24(29)22-6-3-16-31-22/h3,6-10,16,20H,2,4-5,11-15,17-18H2,1H3. The predicted molar refractivity (Wildman–Crippen MR) is 122 cm³/mol. The van der Waals surface area contributed by atoms with Crippen LogP contribution >= 0.6 is 11.3 Å². The fourth-order valence-electron chi connectivity index (χ4n) is 4.52. The van der Waals surface area contributed by atoms with Crippen molar-refractivity contribution in [3.05, 3.63) is 52.2 Å². The van der Waals surface area contributed by atoms with E-state index in [0.717, 1.165) is 69.2 Å². The summed E-state index contributed by atoms with van der Waals surface area (Å²) in [5.41, 5.74) is 1.26. The number of nitrogens with zero attached hydrogens (tertiary/aromatic N) is 3. The molecule has 2 aromatic rings. The van der Waals surface area contributed by atoms with E-state index < -0.39 is 0 Å². The van der Waals surface area contributed by atoms with Crippen molar-refractivity contribution >= 4 is 23.2 Å². The first-order valence-electron chi connectivity index (χ1n) is 11.1. The van der Waals surface area contributed by atoms with Crippen LogP contribution < -0.4 is 4.74 Å². The Balaban J connectivity index is 1.31. The largest absolute Gasteiger partial charge is 0.497 e. The van der Waals surface area contributed by atoms with Crippen molar-refractivity contribution in [2.24, 2.45) is 5.92 Å². The maximum atomic E-state index is 13.3. The van der Waals surface area contributed by atoms with E-state index in [1.165, 1.54) is 16.9 Å². The number of thiophene rings is 1. The van der Waals surface area contributed by atoms with Crippen LogP contribution in [0.4, 0.5) is 0 Å². The quantitative estimate of drug-likeness (QED) is 0.714. The van der Waals surface area contributed by atoms with Crippen LogP contribution in [0.25, 0.3) is 0 Å². The summed E-state index contributed by atoms with van der Waals surface area (Å²) >= 11 is 1.47. The molecule has 2 amide bonds. The van der Waals surface area contributed by atoms with E-state index in [2.05, 4.69) is 17.0 Å². The highest BCUT2D eigenvalue weighted by Gasteiger charge is 2.32. The average Bonchev–Trinajstić information content (AvgIpc) is 3.26. The molecular weight excluding hydrogens is 410 g/mol. The summed E-state index contributed by atoms with van der Waals surface area (Å²) in [6.07, 6.45) is 2.75. The molecular formula is C24H31N3O3S. The summed E-state index contributed by atoms with van der Waals surface area (Å²) < 4.78 is 5.24. The van der Waals surface area contributed by atoms with Crippen LogP contribution in [-0.4, -0.2) is 72.9 Å². The first kappa shape index (κ1) is 21.8. The van der Waals surface area contributed by atoms with Crippen molar-refractivity contribution in [3.63, 3.8) is 0 Å². The summed E-state index contributed by atoms with van der Waals surface area (Å²) in [6, 6.07) is 12.0. The Hall–Kier alpha value is -2.38. The van der Waals surface area contributed by atoms with Gasteiger partial charge in [-0.05, 0) is 48.4 Å². The van der Waals surface area contributed by atoms with E-state index in [0.29, 0.717) is 6.54 Å². The monoisotopic (exact) mass is 441 g/mol. The number of benzene rings is 1. The van der Waals surface area contributed by atoms with Crippen molar-refractivity contribution in [3.8, 4) is 5.75 Å². The molecule has 0 saturated carbocycles. The molecule has 0 bridgehead atoms. The summed E-state index contributed by atoms with van der Waals surface area (Å²) in [6.45, 7) is 5.60. The van der Waals surface area contributed by atoms with Crippen molar-refractivity contribution in [2.45, 2.75) is 25.8 Å². The number of carbonyl (C=O) groups is 2. The van der Waals surface area contributed by atoms with E-state index >= 15 is 0 Å². The molecule has 2 fully saturated rings. The van der Waals surface area contributed by atoms with Crippen LogP contribution in [0.2, 0.25) is 0 Å². The second-order valence-corrected chi connectivity index (χ2v) is 9.32. The highest BCUT2D eigenvalue weighted by atomic mass is 32.1. The number of ether oxygens (including phenoxy) is 1. The minimum Gasteiger partial charge on any atom is -0.497 e. The van der Waals surface area contributed by atoms with Crippen molar-refractivity contribution in [1.29, 1.82) is 0 Å². The van der Waals surface area contributed by atoms with Gasteiger partial charge in [0.1, 0.15) is 5.75 Å². The third kappa shape index (κ3) is 5.46. The summed E-state index contributed by atoms with van der Waals surface area (Å²) in [4.78, 5) is 33.0. The third-order valence-electron chi connectivity index (χ3n) is 6.26. The van der Waals surface area contributed by atoms with E-state index in [9.17, 15) is 9.59 Å². The minimum absolute atomic E-state index is 0.0639. The molecule has 2 aliphatic rings. The lowest BCUT2D eigenvalue weighted by molar-refractivity contribution is -0.136. The van der Waals surface area contributed by atoms with E-state index in [-0.39, 0.29) is 17.7 Å². The van der Waals surface area contributed by atoms with Crippen molar-refractivity contribution in [2.75, 3.05) is 46.4 Å². The van der Waals surface area contributed by atoms with Gasteiger partial charge in [0.15, 0.2) is 0 Å². The lowest BCUT2D eigenvalue weighted by Crippen LogP contribution is -2.47. The zero-order valence-corrected chi connectivity index (χ0v) is 19.0. The molecule has 0 spiro atoms. The van der Waals surface area contributed by atoms with E-state index in [1.54, 1.807) is 7.11 Å². The fraction of sp³-hybridized carbons (Fsp3) is 0.500. The molecule has 0 aliphatic carbocycles. The van der Waals surface area contributed by atoms with Gasteiger partial charge in [0.2, 0.25) is 5.91 Å². The molecule has 166 valence electrons. The Labute approximate surface area is 188 Å². The van der Waals surface area contributed by atoms with Crippen LogP contribution in [0, 0.1) is 5.92 Å². The molecule has 6 nitrogen and oxygen atoms in total. The lowest BCUT2D eigenvalue weighted by atomic mass is 9.96. The minimum atomic E-state index is -0.0780. The van der Waals surface area contributed by atoms with Crippen LogP contribution in [0.3, 0.4) is 0 Å². The molecule has 4 rings (SSSR count). The van der Waals surface area contributed by atoms with Crippen molar-refractivity contribution in [1.82, 2.24) is 14.7 Å². The van der Waals surface area contributed by atoms with E-state index in [4.69, 9.17) is 4.74 Å². The second kappa shape index (κ2) is 10.3. The van der Waals surface area contributed by atoms with Gasteiger partial charge in [-0.15, -0.1) is 11.3 Å². The fourth-order valence-corrected chi connectivity index (χ4v) is 5.21. The van der Waals surface area contributed by atoms with Gasteiger partial charge in [-0.25, -0.2) is 0 Å². The normalized spacial score (nSPS) is 20.4. The highest BCUT2D eigenvalue weighted by Crippen LogP contribution is 2.23. The second-order valence-electron chi connectivity index (χ2n) is 8.37. The summed E-state index contributed by atoms with van der Waals surface area (Å²) in [5, 5.41) is 1.93. The van der Waals surface area contributed by atoms with Gasteiger partial charge in [0, 0.05) is 45.8 Å². The Morgan fingerprint density at radius 1 is 1.00 bits per heavy atom. The Bertz CT molecular complexity index is 869. The first-order chi connectivity index (χ1) is 15.1. The molecule has 2 aliphatic heterocycles. The number of carbonyl (C=O) groups excluding carboxylic acids is 2. The zero-order chi connectivity index (χ0) is 21.6. The Kier molecular flexibility index (Phi) is 7.25. The van der Waals surface area contributed by atoms with Crippen molar-refractivity contribution < 1.29 is 14.3 Å². The molecule has 1 aromatic heterocycles. The maximum Gasteiger partial charge on any atom is 0.263 e. The Morgan fingerprint density at radius 2 is 1.81 bits per heavy atom. The van der Waals surface area contributed by atoms with E-state index in [1.807, 2.05) is 39.4 Å². The molecule has 3 heterocycles. The van der Waals surface area contributed by atoms with Crippen LogP contribution in [-0.2, 0) is 11.3 Å². The van der Waals surface area contributed by atoms with Gasteiger partial charge in [0.25, 0.3) is 5.91 Å². The van der Waals surface area contributed by atoms with Gasteiger partial charge in [0.05, 0.1) is 17.9 Å². The lowest BCUT2D eigenvalue weighted by Gasteiger charge is -2.34. The number of hydrogen-bond donors (Lipinski definition) is 0. The smallest absolute Gasteiger partial charge is 0.263 e. The third-order valence-corrected chi connectivity index (χ3v) is 7.11. The van der Waals surface area contributed by atoms with Gasteiger partial charge in [-0.1, -0.05) is 18.2 Å². The van der Waals surface area contributed by atoms with Crippen LogP contribution in [0.15, 0.2) is 41.8 Å². The molecule has 1 atom stereocenters. The van der Waals surface area contributed by atoms with Crippen LogP contribution in [0.1, 0.15) is 34.5 Å². The number of piperidine rings is 1. The number of methoxy groups -OCH3 is 1. The molecule has 7 heteroatoms. The topological polar surface area (TPSA) is 53.1 Å². The van der Waals surface area contributed by atoms with Crippen LogP contribution in [0.5, 0.6) is 5.75 Å². The maximum absolute atomic E-state index is 13.3. The van der Waals surface area contributed by atoms with Gasteiger partial charge >= 0.3 is 0 Å². The Morgan fingerprint density at radius 3 is 2.55 bits per heavy atom. The summed E-state index contributed by atoms with van der Waals surface area (Å²) in [5.74, 6) is 1.07. The first-order valence-corrected chi connectivity index (χ1v) is 12.0. The van der Waals surface area contributed by atoms with Gasteiger partial charge < -0.3 is 14.5 Å². The molecule has 2 saturated heterocycles. The zero-order valence-electron chi connectivity index (χ0n) is 18.2. The number of hydrogen-bond acceptors (Lipinski definition) is 5. The SMILES string of the molecule is COc1ccc(CN2CCCN(C(=O)C3CCCN(C(=O)c4cccs4)C3)CC2)cc1. The molecule has 1 aromatic carbocycles. The van der Waals surface area contributed by atoms with Gasteiger partial charge in [-0.3, -0.25) is 14.5 Å². The molecule has 31 heavy (non-hydrogen) atoms. The summed E-state index contributed by atoms with van der Waals surface area (Å²) in [7, 11) is 1.68. The number of likely N-dealkylation sites (tertiary alicyclic amines) is 1. The predicted octanol–water partition coefficient (Wildman–Crippen LogP) is 3.34. The van der Waals surface area contributed by atoms with Gasteiger partial charge in [-0.2, -0.15) is 0 Å². The molecule has 1 unspecified atom stereocenters. The highest BCUT2D eigenvalue weighted by molar-refractivity contribution is 7.12. The number of rotatable bonds is 5.